The van der Waals surface area contributed by atoms with E-state index in [2.05, 4.69) is 21.5 Å². The van der Waals surface area contributed by atoms with Crippen LogP contribution in [0.4, 0.5) is 5.82 Å². The van der Waals surface area contributed by atoms with Crippen LogP contribution in [-0.4, -0.2) is 14.8 Å². The first-order chi connectivity index (χ1) is 8.63. The van der Waals surface area contributed by atoms with Gasteiger partial charge in [0.25, 0.3) is 0 Å². The molecule has 5 nitrogen and oxygen atoms in total. The molecule has 2 rings (SSSR count). The standard InChI is InChI=1S/C13H15N5/c1-9-5-4-6-15-12(9)8-16-13-11(7-14)10(2)17-18(13)3/h4-6,16H,8H2,1-3H3. The molecule has 5 heteroatoms. The van der Waals surface area contributed by atoms with E-state index in [-0.39, 0.29) is 0 Å². The molecule has 0 bridgehead atoms. The number of pyridine rings is 1. The van der Waals surface area contributed by atoms with Gasteiger partial charge in [-0.1, -0.05) is 6.07 Å². The third kappa shape index (κ3) is 2.18. The maximum Gasteiger partial charge on any atom is 0.142 e. The van der Waals surface area contributed by atoms with Gasteiger partial charge >= 0.3 is 0 Å². The summed E-state index contributed by atoms with van der Waals surface area (Å²) < 4.78 is 1.69. The largest absolute Gasteiger partial charge is 0.364 e. The van der Waals surface area contributed by atoms with Gasteiger partial charge in [0, 0.05) is 13.2 Å². The Balaban J connectivity index is 2.22. The van der Waals surface area contributed by atoms with Gasteiger partial charge in [0.15, 0.2) is 0 Å². The highest BCUT2D eigenvalue weighted by atomic mass is 15.3. The van der Waals surface area contributed by atoms with Crippen LogP contribution < -0.4 is 5.32 Å². The van der Waals surface area contributed by atoms with Crippen LogP contribution in [0.25, 0.3) is 0 Å². The van der Waals surface area contributed by atoms with E-state index in [0.29, 0.717) is 12.1 Å². The van der Waals surface area contributed by atoms with E-state index in [1.54, 1.807) is 10.9 Å². The highest BCUT2D eigenvalue weighted by Gasteiger charge is 2.12. The van der Waals surface area contributed by atoms with Crippen LogP contribution in [0.15, 0.2) is 18.3 Å². The fraction of sp³-hybridized carbons (Fsp3) is 0.308. The van der Waals surface area contributed by atoms with Crippen molar-refractivity contribution in [1.82, 2.24) is 14.8 Å². The van der Waals surface area contributed by atoms with Crippen LogP contribution in [0.5, 0.6) is 0 Å². The normalized spacial score (nSPS) is 10.1. The van der Waals surface area contributed by atoms with Crippen LogP contribution in [0, 0.1) is 25.2 Å². The Morgan fingerprint density at radius 3 is 2.89 bits per heavy atom. The zero-order chi connectivity index (χ0) is 13.1. The van der Waals surface area contributed by atoms with Crippen LogP contribution in [-0.2, 0) is 13.6 Å². The van der Waals surface area contributed by atoms with E-state index in [0.717, 1.165) is 22.8 Å². The highest BCUT2D eigenvalue weighted by molar-refractivity contribution is 5.55. The Morgan fingerprint density at radius 1 is 1.44 bits per heavy atom. The third-order valence-corrected chi connectivity index (χ3v) is 2.88. The molecule has 2 aromatic rings. The zero-order valence-electron chi connectivity index (χ0n) is 10.7. The second-order valence-corrected chi connectivity index (χ2v) is 4.16. The minimum atomic E-state index is 0.584. The molecule has 0 fully saturated rings. The molecule has 92 valence electrons. The number of nitriles is 1. The molecular weight excluding hydrogens is 226 g/mol. The molecule has 0 unspecified atom stereocenters. The van der Waals surface area contributed by atoms with Crippen molar-refractivity contribution < 1.29 is 0 Å². The summed E-state index contributed by atoms with van der Waals surface area (Å²) in [6.45, 7) is 4.43. The monoisotopic (exact) mass is 241 g/mol. The van der Waals surface area contributed by atoms with E-state index >= 15 is 0 Å². The summed E-state index contributed by atoms with van der Waals surface area (Å²) in [5.74, 6) is 0.736. The van der Waals surface area contributed by atoms with Crippen molar-refractivity contribution in [2.75, 3.05) is 5.32 Å². The van der Waals surface area contributed by atoms with Crippen molar-refractivity contribution in [3.8, 4) is 6.07 Å². The maximum absolute atomic E-state index is 9.11. The summed E-state index contributed by atoms with van der Waals surface area (Å²) >= 11 is 0. The van der Waals surface area contributed by atoms with E-state index in [4.69, 9.17) is 5.26 Å². The molecule has 0 saturated carbocycles. The topological polar surface area (TPSA) is 66.5 Å². The quantitative estimate of drug-likeness (QED) is 0.891. The van der Waals surface area contributed by atoms with Crippen molar-refractivity contribution in [1.29, 1.82) is 5.26 Å². The van der Waals surface area contributed by atoms with Crippen molar-refractivity contribution in [2.24, 2.45) is 7.05 Å². The van der Waals surface area contributed by atoms with Crippen molar-refractivity contribution in [3.05, 3.63) is 40.8 Å². The molecule has 2 aromatic heterocycles. The van der Waals surface area contributed by atoms with Crippen molar-refractivity contribution in [3.63, 3.8) is 0 Å². The lowest BCUT2D eigenvalue weighted by Crippen LogP contribution is -2.08. The lowest BCUT2D eigenvalue weighted by molar-refractivity contribution is 0.756. The van der Waals surface area contributed by atoms with E-state index in [9.17, 15) is 0 Å². The minimum absolute atomic E-state index is 0.584. The van der Waals surface area contributed by atoms with Gasteiger partial charge in [0.1, 0.15) is 17.5 Å². The first-order valence-electron chi connectivity index (χ1n) is 5.71. The zero-order valence-corrected chi connectivity index (χ0v) is 10.7. The van der Waals surface area contributed by atoms with Gasteiger partial charge in [0.2, 0.25) is 0 Å². The summed E-state index contributed by atoms with van der Waals surface area (Å²) in [6.07, 6.45) is 1.77. The number of hydrogen-bond donors (Lipinski definition) is 1. The SMILES string of the molecule is Cc1cccnc1CNc1c(C#N)c(C)nn1C. The number of nitrogens with one attached hydrogen (secondary N) is 1. The number of aryl methyl sites for hydroxylation is 3. The maximum atomic E-state index is 9.11. The van der Waals surface area contributed by atoms with Crippen molar-refractivity contribution in [2.45, 2.75) is 20.4 Å². The molecule has 0 aliphatic carbocycles. The Labute approximate surface area is 106 Å². The van der Waals surface area contributed by atoms with Gasteiger partial charge in [-0.15, -0.1) is 0 Å². The number of nitrogens with zero attached hydrogens (tertiary/aromatic N) is 4. The second kappa shape index (κ2) is 4.88. The Kier molecular flexibility index (Phi) is 3.28. The fourth-order valence-corrected chi connectivity index (χ4v) is 1.87. The molecule has 0 aliphatic rings. The molecule has 18 heavy (non-hydrogen) atoms. The number of anilines is 1. The third-order valence-electron chi connectivity index (χ3n) is 2.88. The molecule has 0 spiro atoms. The molecule has 0 aliphatic heterocycles. The summed E-state index contributed by atoms with van der Waals surface area (Å²) in [4.78, 5) is 4.31. The molecule has 0 atom stereocenters. The Morgan fingerprint density at radius 2 is 2.22 bits per heavy atom. The Bertz CT molecular complexity index is 606. The molecular formula is C13H15N5. The van der Waals surface area contributed by atoms with E-state index in [1.165, 1.54) is 0 Å². The smallest absolute Gasteiger partial charge is 0.142 e. The molecule has 0 aromatic carbocycles. The van der Waals surface area contributed by atoms with Crippen LogP contribution in [0.3, 0.4) is 0 Å². The first kappa shape index (κ1) is 12.1. The molecule has 0 amide bonds. The molecule has 0 saturated heterocycles. The van der Waals surface area contributed by atoms with Crippen LogP contribution in [0.1, 0.15) is 22.5 Å². The molecule has 0 radical (unpaired) electrons. The average Bonchev–Trinajstić information content (AvgIpc) is 2.62. The summed E-state index contributed by atoms with van der Waals surface area (Å²) in [6, 6.07) is 6.10. The molecule has 1 N–H and O–H groups in total. The average molecular weight is 241 g/mol. The van der Waals surface area contributed by atoms with Gasteiger partial charge in [-0.05, 0) is 25.5 Å². The summed E-state index contributed by atoms with van der Waals surface area (Å²) in [5, 5.41) is 16.6. The van der Waals surface area contributed by atoms with E-state index < -0.39 is 0 Å². The van der Waals surface area contributed by atoms with Gasteiger partial charge in [-0.3, -0.25) is 9.67 Å². The lowest BCUT2D eigenvalue weighted by atomic mass is 10.2. The van der Waals surface area contributed by atoms with Crippen LogP contribution in [0.2, 0.25) is 0 Å². The van der Waals surface area contributed by atoms with Gasteiger partial charge in [-0.25, -0.2) is 0 Å². The fourth-order valence-electron chi connectivity index (χ4n) is 1.87. The van der Waals surface area contributed by atoms with Gasteiger partial charge in [0.05, 0.1) is 17.9 Å². The predicted molar refractivity (Wildman–Crippen MR) is 69.0 cm³/mol. The lowest BCUT2D eigenvalue weighted by Gasteiger charge is -2.08. The number of hydrogen-bond acceptors (Lipinski definition) is 4. The number of rotatable bonds is 3. The number of aromatic nitrogens is 3. The Hall–Kier alpha value is -2.35. The summed E-state index contributed by atoms with van der Waals surface area (Å²) in [7, 11) is 1.82. The second-order valence-electron chi connectivity index (χ2n) is 4.16. The summed E-state index contributed by atoms with van der Waals surface area (Å²) in [5.41, 5.74) is 3.42. The van der Waals surface area contributed by atoms with Crippen molar-refractivity contribution >= 4 is 5.82 Å². The first-order valence-corrected chi connectivity index (χ1v) is 5.71. The van der Waals surface area contributed by atoms with Crippen LogP contribution >= 0.6 is 0 Å². The highest BCUT2D eigenvalue weighted by Crippen LogP contribution is 2.18. The van der Waals surface area contributed by atoms with Gasteiger partial charge < -0.3 is 5.32 Å². The van der Waals surface area contributed by atoms with E-state index in [1.807, 2.05) is 33.0 Å². The van der Waals surface area contributed by atoms with Gasteiger partial charge in [-0.2, -0.15) is 10.4 Å². The predicted octanol–water partition coefficient (Wildman–Crippen LogP) is 1.92. The minimum Gasteiger partial charge on any atom is -0.364 e. The molecule has 2 heterocycles.